The van der Waals surface area contributed by atoms with Gasteiger partial charge in [0.2, 0.25) is 0 Å². The van der Waals surface area contributed by atoms with Crippen LogP contribution in [-0.2, 0) is 13.0 Å². The molecule has 0 aliphatic carbocycles. The second kappa shape index (κ2) is 7.25. The van der Waals surface area contributed by atoms with Crippen molar-refractivity contribution in [1.82, 2.24) is 14.7 Å². The fourth-order valence-electron chi connectivity index (χ4n) is 3.61. The lowest BCUT2D eigenvalue weighted by molar-refractivity contribution is 0.0657. The smallest absolute Gasteiger partial charge is 0.257 e. The van der Waals surface area contributed by atoms with Gasteiger partial charge in [0.15, 0.2) is 0 Å². The lowest BCUT2D eigenvalue weighted by Crippen LogP contribution is -2.39. The van der Waals surface area contributed by atoms with Crippen molar-refractivity contribution in [2.45, 2.75) is 32.4 Å². The number of nitrogens with zero attached hydrogens (tertiary/aromatic N) is 3. The Hall–Kier alpha value is -2.11. The molecule has 1 amide bonds. The highest BCUT2D eigenvalue weighted by Crippen LogP contribution is 2.35. The van der Waals surface area contributed by atoms with E-state index < -0.39 is 0 Å². The standard InChI is InChI=1S/C20H20ClN3OS/c1-2-18-16-8-10-26-19(16)7-9-24(18)20(25)15-11-22-23(13-15)12-14-5-3-4-6-17(14)21/h3-6,8,10-11,13,18H,2,7,9,12H2,1H3. The molecule has 0 fully saturated rings. The third kappa shape index (κ3) is 3.17. The number of amides is 1. The van der Waals surface area contributed by atoms with Crippen LogP contribution < -0.4 is 0 Å². The molecule has 2 aromatic heterocycles. The summed E-state index contributed by atoms with van der Waals surface area (Å²) in [5.74, 6) is 0.0547. The highest BCUT2D eigenvalue weighted by atomic mass is 35.5. The van der Waals surface area contributed by atoms with E-state index in [1.54, 1.807) is 22.2 Å². The van der Waals surface area contributed by atoms with Gasteiger partial charge in [0.1, 0.15) is 0 Å². The van der Waals surface area contributed by atoms with Crippen LogP contribution in [0.15, 0.2) is 48.1 Å². The number of thiophene rings is 1. The number of aromatic nitrogens is 2. The molecule has 6 heteroatoms. The number of carbonyl (C=O) groups excluding carboxylic acids is 1. The van der Waals surface area contributed by atoms with Crippen molar-refractivity contribution in [3.8, 4) is 0 Å². The topological polar surface area (TPSA) is 38.1 Å². The van der Waals surface area contributed by atoms with Crippen LogP contribution in [-0.4, -0.2) is 27.1 Å². The van der Waals surface area contributed by atoms with E-state index in [1.165, 1.54) is 10.4 Å². The summed E-state index contributed by atoms with van der Waals surface area (Å²) >= 11 is 8.02. The zero-order valence-corrected chi connectivity index (χ0v) is 16.1. The largest absolute Gasteiger partial charge is 0.331 e. The summed E-state index contributed by atoms with van der Waals surface area (Å²) in [6.45, 7) is 3.46. The Morgan fingerprint density at radius 2 is 2.19 bits per heavy atom. The minimum absolute atomic E-state index is 0.0547. The van der Waals surface area contributed by atoms with E-state index in [0.29, 0.717) is 17.1 Å². The van der Waals surface area contributed by atoms with Gasteiger partial charge in [0.05, 0.1) is 24.3 Å². The summed E-state index contributed by atoms with van der Waals surface area (Å²) in [6, 6.07) is 10.0. The van der Waals surface area contributed by atoms with Crippen molar-refractivity contribution in [3.05, 3.63) is 74.7 Å². The van der Waals surface area contributed by atoms with Crippen molar-refractivity contribution >= 4 is 28.8 Å². The van der Waals surface area contributed by atoms with Crippen molar-refractivity contribution in [2.24, 2.45) is 0 Å². The van der Waals surface area contributed by atoms with Crippen LogP contribution in [0.2, 0.25) is 5.02 Å². The highest BCUT2D eigenvalue weighted by Gasteiger charge is 2.31. The number of hydrogen-bond donors (Lipinski definition) is 0. The first kappa shape index (κ1) is 17.3. The van der Waals surface area contributed by atoms with Crippen molar-refractivity contribution in [2.75, 3.05) is 6.54 Å². The zero-order valence-electron chi connectivity index (χ0n) is 14.6. The van der Waals surface area contributed by atoms with E-state index in [4.69, 9.17) is 11.6 Å². The average Bonchev–Trinajstić information content (AvgIpc) is 3.31. The van der Waals surface area contributed by atoms with Gasteiger partial charge in [-0.15, -0.1) is 11.3 Å². The molecule has 0 N–H and O–H groups in total. The molecule has 0 bridgehead atoms. The predicted molar refractivity (Wildman–Crippen MR) is 105 cm³/mol. The number of rotatable bonds is 4. The zero-order chi connectivity index (χ0) is 18.1. The maximum atomic E-state index is 13.1. The first-order valence-corrected chi connectivity index (χ1v) is 10.1. The summed E-state index contributed by atoms with van der Waals surface area (Å²) < 4.78 is 1.77. The van der Waals surface area contributed by atoms with E-state index in [2.05, 4.69) is 23.5 Å². The molecule has 0 saturated carbocycles. The molecule has 4 rings (SSSR count). The molecule has 3 heterocycles. The Labute approximate surface area is 162 Å². The summed E-state index contributed by atoms with van der Waals surface area (Å²) in [4.78, 5) is 16.5. The van der Waals surface area contributed by atoms with E-state index in [1.807, 2.05) is 35.4 Å². The van der Waals surface area contributed by atoms with Crippen LogP contribution >= 0.6 is 22.9 Å². The highest BCUT2D eigenvalue weighted by molar-refractivity contribution is 7.10. The van der Waals surface area contributed by atoms with Crippen LogP contribution in [0.4, 0.5) is 0 Å². The van der Waals surface area contributed by atoms with Crippen LogP contribution in [0.25, 0.3) is 0 Å². The van der Waals surface area contributed by atoms with Gasteiger partial charge in [-0.25, -0.2) is 0 Å². The van der Waals surface area contributed by atoms with E-state index >= 15 is 0 Å². The molecule has 1 atom stereocenters. The van der Waals surface area contributed by atoms with Gasteiger partial charge in [-0.2, -0.15) is 5.10 Å². The fourth-order valence-corrected chi connectivity index (χ4v) is 4.73. The molecule has 1 aromatic carbocycles. The maximum Gasteiger partial charge on any atom is 0.257 e. The number of benzene rings is 1. The molecular formula is C20H20ClN3OS. The number of hydrogen-bond acceptors (Lipinski definition) is 3. The monoisotopic (exact) mass is 385 g/mol. The van der Waals surface area contributed by atoms with Gasteiger partial charge in [-0.3, -0.25) is 9.48 Å². The third-order valence-corrected chi connectivity index (χ3v) is 6.28. The molecule has 3 aromatic rings. The van der Waals surface area contributed by atoms with Crippen LogP contribution in [0.5, 0.6) is 0 Å². The Balaban J connectivity index is 1.54. The number of fused-ring (bicyclic) bond motifs is 1. The SMILES string of the molecule is CCC1c2ccsc2CCN1C(=O)c1cnn(Cc2ccccc2Cl)c1. The van der Waals surface area contributed by atoms with Gasteiger partial charge < -0.3 is 4.90 Å². The summed E-state index contributed by atoms with van der Waals surface area (Å²) in [5, 5.41) is 7.21. The maximum absolute atomic E-state index is 13.1. The quantitative estimate of drug-likeness (QED) is 0.647. The third-order valence-electron chi connectivity index (χ3n) is 4.91. The molecule has 0 saturated heterocycles. The average molecular weight is 386 g/mol. The molecule has 0 spiro atoms. The summed E-state index contributed by atoms with van der Waals surface area (Å²) in [6.07, 6.45) is 5.34. The first-order valence-electron chi connectivity index (χ1n) is 8.80. The van der Waals surface area contributed by atoms with Crippen LogP contribution in [0.1, 0.15) is 45.7 Å². The molecule has 4 nitrogen and oxygen atoms in total. The van der Waals surface area contributed by atoms with Crippen molar-refractivity contribution in [1.29, 1.82) is 0 Å². The molecular weight excluding hydrogens is 366 g/mol. The normalized spacial score (nSPS) is 16.5. The molecule has 1 unspecified atom stereocenters. The van der Waals surface area contributed by atoms with E-state index in [9.17, 15) is 4.79 Å². The van der Waals surface area contributed by atoms with Gasteiger partial charge in [-0.1, -0.05) is 36.7 Å². The Kier molecular flexibility index (Phi) is 4.83. The Morgan fingerprint density at radius 3 is 3.00 bits per heavy atom. The molecule has 1 aliphatic rings. The van der Waals surface area contributed by atoms with Gasteiger partial charge in [0, 0.05) is 22.6 Å². The second-order valence-electron chi connectivity index (χ2n) is 6.49. The molecule has 0 radical (unpaired) electrons. The van der Waals surface area contributed by atoms with E-state index in [0.717, 1.165) is 24.9 Å². The molecule has 26 heavy (non-hydrogen) atoms. The lowest BCUT2D eigenvalue weighted by Gasteiger charge is -2.35. The van der Waals surface area contributed by atoms with E-state index in [-0.39, 0.29) is 11.9 Å². The fraction of sp³-hybridized carbons (Fsp3) is 0.300. The Morgan fingerprint density at radius 1 is 1.35 bits per heavy atom. The van der Waals surface area contributed by atoms with Gasteiger partial charge in [-0.05, 0) is 41.5 Å². The van der Waals surface area contributed by atoms with Crippen LogP contribution in [0.3, 0.4) is 0 Å². The minimum atomic E-state index is 0.0547. The van der Waals surface area contributed by atoms with Crippen LogP contribution in [0, 0.1) is 0 Å². The van der Waals surface area contributed by atoms with Crippen molar-refractivity contribution in [3.63, 3.8) is 0 Å². The lowest BCUT2D eigenvalue weighted by atomic mass is 9.97. The second-order valence-corrected chi connectivity index (χ2v) is 7.90. The molecule has 1 aliphatic heterocycles. The Bertz CT molecular complexity index is 933. The minimum Gasteiger partial charge on any atom is -0.331 e. The van der Waals surface area contributed by atoms with Gasteiger partial charge >= 0.3 is 0 Å². The first-order chi connectivity index (χ1) is 12.7. The number of halogens is 1. The van der Waals surface area contributed by atoms with Gasteiger partial charge in [0.25, 0.3) is 5.91 Å². The number of carbonyl (C=O) groups is 1. The predicted octanol–water partition coefficient (Wildman–Crippen LogP) is 4.80. The summed E-state index contributed by atoms with van der Waals surface area (Å²) in [5.41, 5.74) is 2.93. The molecule has 134 valence electrons. The summed E-state index contributed by atoms with van der Waals surface area (Å²) in [7, 11) is 0. The van der Waals surface area contributed by atoms with Crippen molar-refractivity contribution < 1.29 is 4.79 Å².